The van der Waals surface area contributed by atoms with Gasteiger partial charge in [-0.3, -0.25) is 4.79 Å². The van der Waals surface area contributed by atoms with Crippen molar-refractivity contribution in [2.75, 3.05) is 11.5 Å². The number of hydrogen-bond donors (Lipinski definition) is 0. The summed E-state index contributed by atoms with van der Waals surface area (Å²) in [7, 11) is 0. The largest absolute Gasteiger partial charge is 0.419 e. The third-order valence-corrected chi connectivity index (χ3v) is 3.34. The molecule has 18 heavy (non-hydrogen) atoms. The lowest BCUT2D eigenvalue weighted by molar-refractivity contribution is -0.140. The Balaban J connectivity index is 2.88. The maximum atomic E-state index is 13.0. The van der Waals surface area contributed by atoms with Crippen LogP contribution >= 0.6 is 11.8 Å². The molecule has 0 amide bonds. The maximum absolute atomic E-state index is 13.0. The first-order chi connectivity index (χ1) is 8.36. The molecule has 0 aliphatic carbocycles. The Kier molecular flexibility index (Phi) is 5.19. The van der Waals surface area contributed by atoms with Gasteiger partial charge in [0.1, 0.15) is 5.82 Å². The van der Waals surface area contributed by atoms with Crippen molar-refractivity contribution in [3.63, 3.8) is 0 Å². The topological polar surface area (TPSA) is 17.1 Å². The van der Waals surface area contributed by atoms with Gasteiger partial charge in [-0.25, -0.2) is 4.39 Å². The Morgan fingerprint density at radius 1 is 1.33 bits per heavy atom. The monoisotopic (exact) mass is 280 g/mol. The van der Waals surface area contributed by atoms with Gasteiger partial charge >= 0.3 is 6.18 Å². The molecule has 0 bridgehead atoms. The van der Waals surface area contributed by atoms with Crippen LogP contribution in [0.4, 0.5) is 17.6 Å². The van der Waals surface area contributed by atoms with Crippen LogP contribution in [0.2, 0.25) is 0 Å². The van der Waals surface area contributed by atoms with Gasteiger partial charge in [-0.2, -0.15) is 24.9 Å². The van der Waals surface area contributed by atoms with Crippen molar-refractivity contribution in [1.29, 1.82) is 0 Å². The molecule has 6 heteroatoms. The van der Waals surface area contributed by atoms with Crippen molar-refractivity contribution < 1.29 is 22.4 Å². The summed E-state index contributed by atoms with van der Waals surface area (Å²) in [5, 5.41) is 0. The quantitative estimate of drug-likeness (QED) is 0.457. The first-order valence-corrected chi connectivity index (χ1v) is 6.49. The minimum atomic E-state index is -4.78. The highest BCUT2D eigenvalue weighted by Gasteiger charge is 2.34. The zero-order chi connectivity index (χ0) is 13.8. The van der Waals surface area contributed by atoms with Gasteiger partial charge in [0.2, 0.25) is 0 Å². The highest BCUT2D eigenvalue weighted by atomic mass is 32.2. The van der Waals surface area contributed by atoms with Gasteiger partial charge in [0.25, 0.3) is 0 Å². The predicted octanol–water partition coefficient (Wildman–Crippen LogP) is 4.17. The first-order valence-electron chi connectivity index (χ1n) is 5.34. The Morgan fingerprint density at radius 2 is 2.00 bits per heavy atom. The molecular formula is C12H12F4OS. The van der Waals surface area contributed by atoms with Crippen LogP contribution in [0.1, 0.15) is 29.3 Å². The number of alkyl halides is 3. The number of rotatable bonds is 5. The summed E-state index contributed by atoms with van der Waals surface area (Å²) in [6.45, 7) is 1.94. The molecule has 1 aromatic carbocycles. The van der Waals surface area contributed by atoms with Gasteiger partial charge in [0.15, 0.2) is 5.78 Å². The van der Waals surface area contributed by atoms with E-state index in [9.17, 15) is 22.4 Å². The zero-order valence-electron chi connectivity index (χ0n) is 9.68. The summed E-state index contributed by atoms with van der Waals surface area (Å²) < 4.78 is 50.3. The minimum Gasteiger partial charge on any atom is -0.293 e. The van der Waals surface area contributed by atoms with E-state index < -0.39 is 23.3 Å². The second-order valence-electron chi connectivity index (χ2n) is 3.67. The number of carbonyl (C=O) groups is 1. The number of Topliss-reactive ketones (excluding diaryl/α,β-unsaturated/α-hetero) is 1. The van der Waals surface area contributed by atoms with Gasteiger partial charge in [-0.05, 0) is 30.4 Å². The van der Waals surface area contributed by atoms with Crippen LogP contribution in [0.25, 0.3) is 0 Å². The molecule has 100 valence electrons. The first kappa shape index (κ1) is 15.0. The summed E-state index contributed by atoms with van der Waals surface area (Å²) in [6, 6.07) is 2.34. The smallest absolute Gasteiger partial charge is 0.293 e. The standard InChI is InChI=1S/C12H12F4OS/c1-2-5-18-7-11(17)8-3-4-10(13)9(6-8)12(14,15)16/h3-4,6H,2,5,7H2,1H3. The van der Waals surface area contributed by atoms with Crippen molar-refractivity contribution in [1.82, 2.24) is 0 Å². The fourth-order valence-electron chi connectivity index (χ4n) is 1.31. The molecule has 0 aromatic heterocycles. The van der Waals surface area contributed by atoms with E-state index >= 15 is 0 Å². The molecule has 0 radical (unpaired) electrons. The molecule has 1 nitrogen and oxygen atoms in total. The molecule has 0 spiro atoms. The van der Waals surface area contributed by atoms with E-state index in [1.54, 1.807) is 0 Å². The highest BCUT2D eigenvalue weighted by molar-refractivity contribution is 7.99. The summed E-state index contributed by atoms with van der Waals surface area (Å²) >= 11 is 1.35. The van der Waals surface area contributed by atoms with Gasteiger partial charge in [0.05, 0.1) is 11.3 Å². The molecule has 0 saturated heterocycles. The van der Waals surface area contributed by atoms with E-state index in [1.807, 2.05) is 6.92 Å². The second-order valence-corrected chi connectivity index (χ2v) is 4.77. The molecule has 0 saturated carbocycles. The number of hydrogen-bond acceptors (Lipinski definition) is 2. The van der Waals surface area contributed by atoms with Gasteiger partial charge in [0, 0.05) is 5.56 Å². The Labute approximate surface area is 107 Å². The average molecular weight is 280 g/mol. The van der Waals surface area contributed by atoms with E-state index in [1.165, 1.54) is 11.8 Å². The molecule has 0 heterocycles. The summed E-state index contributed by atoms with van der Waals surface area (Å²) in [6.07, 6.45) is -3.90. The molecule has 1 aromatic rings. The minimum absolute atomic E-state index is 0.104. The van der Waals surface area contributed by atoms with E-state index in [-0.39, 0.29) is 11.3 Å². The summed E-state index contributed by atoms with van der Waals surface area (Å²) in [5.41, 5.74) is -1.50. The Bertz CT molecular complexity index is 429. The average Bonchev–Trinajstić information content (AvgIpc) is 2.28. The molecule has 0 fully saturated rings. The van der Waals surface area contributed by atoms with Crippen LogP contribution in [0.3, 0.4) is 0 Å². The molecule has 0 aliphatic heterocycles. The second kappa shape index (κ2) is 6.22. The normalized spacial score (nSPS) is 11.6. The van der Waals surface area contributed by atoms with E-state index in [4.69, 9.17) is 0 Å². The van der Waals surface area contributed by atoms with Gasteiger partial charge in [-0.1, -0.05) is 6.92 Å². The number of benzene rings is 1. The van der Waals surface area contributed by atoms with Crippen molar-refractivity contribution in [2.24, 2.45) is 0 Å². The Hall–Kier alpha value is -1.04. The van der Waals surface area contributed by atoms with Crippen LogP contribution in [0.15, 0.2) is 18.2 Å². The van der Waals surface area contributed by atoms with Crippen LogP contribution in [-0.2, 0) is 6.18 Å². The van der Waals surface area contributed by atoms with Crippen molar-refractivity contribution in [2.45, 2.75) is 19.5 Å². The molecule has 1 rings (SSSR count). The maximum Gasteiger partial charge on any atom is 0.419 e. The van der Waals surface area contributed by atoms with Crippen LogP contribution < -0.4 is 0 Å². The lowest BCUT2D eigenvalue weighted by Gasteiger charge is -2.09. The molecule has 0 aliphatic rings. The number of ketones is 1. The fourth-order valence-corrected chi connectivity index (χ4v) is 2.09. The van der Waals surface area contributed by atoms with Crippen LogP contribution in [0, 0.1) is 5.82 Å². The zero-order valence-corrected chi connectivity index (χ0v) is 10.5. The summed E-state index contributed by atoms with van der Waals surface area (Å²) in [5.74, 6) is -0.908. The van der Waals surface area contributed by atoms with Crippen LogP contribution in [0.5, 0.6) is 0 Å². The number of carbonyl (C=O) groups excluding carboxylic acids is 1. The number of halogens is 4. The van der Waals surface area contributed by atoms with Crippen molar-refractivity contribution in [3.8, 4) is 0 Å². The van der Waals surface area contributed by atoms with Crippen molar-refractivity contribution in [3.05, 3.63) is 35.1 Å². The third kappa shape index (κ3) is 4.01. The summed E-state index contributed by atoms with van der Waals surface area (Å²) in [4.78, 5) is 11.6. The van der Waals surface area contributed by atoms with E-state index in [0.717, 1.165) is 18.2 Å². The van der Waals surface area contributed by atoms with Crippen molar-refractivity contribution >= 4 is 17.5 Å². The number of thioether (sulfide) groups is 1. The molecule has 0 N–H and O–H groups in total. The van der Waals surface area contributed by atoms with E-state index in [0.29, 0.717) is 12.1 Å². The fraction of sp³-hybridized carbons (Fsp3) is 0.417. The van der Waals surface area contributed by atoms with Gasteiger partial charge in [-0.15, -0.1) is 0 Å². The molecule has 0 unspecified atom stereocenters. The lowest BCUT2D eigenvalue weighted by atomic mass is 10.1. The highest BCUT2D eigenvalue weighted by Crippen LogP contribution is 2.32. The molecule has 0 atom stereocenters. The lowest BCUT2D eigenvalue weighted by Crippen LogP contribution is -2.11. The van der Waals surface area contributed by atoms with Gasteiger partial charge < -0.3 is 0 Å². The van der Waals surface area contributed by atoms with Crippen LogP contribution in [-0.4, -0.2) is 17.3 Å². The predicted molar refractivity (Wildman–Crippen MR) is 63.3 cm³/mol. The van der Waals surface area contributed by atoms with E-state index in [2.05, 4.69) is 0 Å². The molecular weight excluding hydrogens is 268 g/mol. The SMILES string of the molecule is CCCSCC(=O)c1ccc(F)c(C(F)(F)F)c1. The third-order valence-electron chi connectivity index (χ3n) is 2.18. The Morgan fingerprint density at radius 3 is 2.56 bits per heavy atom.